The summed E-state index contributed by atoms with van der Waals surface area (Å²) in [4.78, 5) is 244. The molecule has 130 heavy (non-hydrogen) atoms. The number of hydrogen-bond acceptors (Lipinski definition) is 20. The zero-order valence-corrected chi connectivity index (χ0v) is 75.2. The van der Waals surface area contributed by atoms with Gasteiger partial charge in [0.2, 0.25) is 88.6 Å². The van der Waals surface area contributed by atoms with Crippen molar-refractivity contribution in [3.05, 3.63) is 191 Å². The summed E-state index contributed by atoms with van der Waals surface area (Å²) in [5, 5.41) is 56.2. The standard InChI is InChI=1S/C93H116N16O20S/c1-11-12-27-73-91(126)105(6)49-78(113)98-69(46-81(116)117)87(122)104-82(54(4)5)93(128)107(8)75(41-55-21-15-13-16-22-55)88(123)102-71-43-59-32-35-62(111)45-74(59)109(90(71)125)50-79(114)97-68(44-60-47-95-65-26-20-19-25-64(60)65)86(121)101-67(39-57-28-33-61(110)34-29-57)85(120)100-66(38-53(2)3)84(119)103-72(83(118)96-48-77(94)112)51-130-52-80(115)99-70(40-58-30-36-63(129-10)37-31-58)89(124)108(9)76(92(127)106(73)7)42-56-23-17-14-18-24-56/h13-26,28-37,45,47,53-54,66-73,75-76,82,95,110-111H,11-12,27,38-44,46,48-52H2,1-10H3,(H2,94,112)(H,96,118)(H,97,114)(H,98,113)(H,99,115)(H,100,120)(H,101,121)(H,102,123)(H,103,119)(H,104,122)(H,116,117)/t66-,67-,68-,69-,70-,71-,72-,73-,75-,76-,82-/m0/s1. The topological polar surface area (TPSA) is 509 Å². The number of thioether (sulfide) groups is 1. The number of methoxy groups -OCH3 is 1. The third-order valence-electron chi connectivity index (χ3n) is 22.6. The zero-order chi connectivity index (χ0) is 94.7. The first kappa shape index (κ1) is 99.9. The number of nitrogens with zero attached hydrogens (tertiary/aromatic N) is 5. The molecular formula is C93H116N16O20S. The van der Waals surface area contributed by atoms with Gasteiger partial charge in [-0.2, -0.15) is 0 Å². The monoisotopic (exact) mass is 1810 g/mol. The third-order valence-corrected chi connectivity index (χ3v) is 23.6. The van der Waals surface area contributed by atoms with Gasteiger partial charge >= 0.3 is 5.97 Å². The van der Waals surface area contributed by atoms with E-state index in [0.29, 0.717) is 62.9 Å². The van der Waals surface area contributed by atoms with Crippen molar-refractivity contribution in [2.24, 2.45) is 17.6 Å². The number of H-pyrrole nitrogens is 1. The van der Waals surface area contributed by atoms with E-state index >= 15 is 47.9 Å². The Morgan fingerprint density at radius 1 is 0.531 bits per heavy atom. The van der Waals surface area contributed by atoms with Crippen LogP contribution in [0.25, 0.3) is 10.9 Å². The number of amides is 15. The largest absolute Gasteiger partial charge is 0.508 e. The molecule has 6 aromatic carbocycles. The number of fused-ring (bicyclic) bond motifs is 5. The number of rotatable bonds is 22. The van der Waals surface area contributed by atoms with Crippen LogP contribution in [-0.2, 0) is 115 Å². The number of carbonyl (C=O) groups excluding carboxylic acids is 15. The average molecular weight is 1810 g/mol. The Labute approximate surface area is 757 Å². The fourth-order valence-corrected chi connectivity index (χ4v) is 16.3. The van der Waals surface area contributed by atoms with Crippen molar-refractivity contribution in [1.29, 1.82) is 0 Å². The summed E-state index contributed by atoms with van der Waals surface area (Å²) in [5.41, 5.74) is 8.99. The Morgan fingerprint density at radius 3 is 1.68 bits per heavy atom. The highest BCUT2D eigenvalue weighted by molar-refractivity contribution is 8.00. The van der Waals surface area contributed by atoms with Gasteiger partial charge < -0.3 is 103 Å². The molecule has 9 rings (SSSR count). The molecule has 11 atom stereocenters. The molecule has 0 aliphatic carbocycles. The molecule has 2 aliphatic heterocycles. The molecular weight excluding hydrogens is 1690 g/mol. The van der Waals surface area contributed by atoms with Gasteiger partial charge in [-0.1, -0.05) is 157 Å². The van der Waals surface area contributed by atoms with Crippen LogP contribution in [0, 0.1) is 11.8 Å². The Balaban J connectivity index is 1.12. The number of phenols is 2. The number of hydrogen-bond donors (Lipinski definition) is 14. The van der Waals surface area contributed by atoms with E-state index < -0.39 is 205 Å². The number of phenolic OH excluding ortho intramolecular Hbond substituents is 2. The fraction of sp³-hybridized carbons (Fsp3) is 0.419. The van der Waals surface area contributed by atoms with Crippen LogP contribution in [0.1, 0.15) is 100 Å². The number of carbonyl (C=O) groups is 16. The summed E-state index contributed by atoms with van der Waals surface area (Å²) in [6.45, 7) is 6.06. The van der Waals surface area contributed by atoms with E-state index in [2.05, 4.69) is 52.8 Å². The zero-order valence-electron chi connectivity index (χ0n) is 74.3. The summed E-state index contributed by atoms with van der Waals surface area (Å²) in [6, 6.07) is 23.4. The van der Waals surface area contributed by atoms with E-state index in [4.69, 9.17) is 10.5 Å². The van der Waals surface area contributed by atoms with E-state index in [1.807, 2.05) is 6.92 Å². The highest BCUT2D eigenvalue weighted by Crippen LogP contribution is 2.33. The molecule has 15 N–H and O–H groups in total. The lowest BCUT2D eigenvalue weighted by Gasteiger charge is -2.37. The van der Waals surface area contributed by atoms with Crippen LogP contribution in [0.5, 0.6) is 17.2 Å². The van der Waals surface area contributed by atoms with E-state index in [1.54, 1.807) is 143 Å². The highest BCUT2D eigenvalue weighted by Gasteiger charge is 2.44. The first-order valence-electron chi connectivity index (χ1n) is 42.9. The lowest BCUT2D eigenvalue weighted by atomic mass is 9.95. The second kappa shape index (κ2) is 47.3. The molecule has 2 aliphatic rings. The molecule has 7 aromatic rings. The number of aromatic amines is 1. The number of nitrogens with one attached hydrogen (secondary N) is 10. The maximum absolute atomic E-state index is 15.6. The van der Waals surface area contributed by atoms with E-state index in [-0.39, 0.29) is 74.5 Å². The van der Waals surface area contributed by atoms with Crippen molar-refractivity contribution in [2.45, 2.75) is 172 Å². The maximum atomic E-state index is 15.6. The molecule has 2 bridgehead atoms. The molecule has 36 nitrogen and oxygen atoms in total. The normalized spacial score (nSPS) is 22.0. The minimum absolute atomic E-state index is 0.0215. The Hall–Kier alpha value is -13.9. The minimum Gasteiger partial charge on any atom is -0.508 e. The van der Waals surface area contributed by atoms with Crippen LogP contribution in [0.15, 0.2) is 158 Å². The molecule has 0 unspecified atom stereocenters. The number of carboxylic acids is 1. The molecule has 37 heteroatoms. The first-order chi connectivity index (χ1) is 61.9. The van der Waals surface area contributed by atoms with Gasteiger partial charge in [0.25, 0.3) is 0 Å². The van der Waals surface area contributed by atoms with Crippen molar-refractivity contribution in [2.75, 3.05) is 71.3 Å². The van der Waals surface area contributed by atoms with E-state index in [9.17, 15) is 44.1 Å². The number of unbranched alkanes of at least 4 members (excludes halogenated alkanes) is 1. The predicted octanol–water partition coefficient (Wildman–Crippen LogP) is 2.22. The van der Waals surface area contributed by atoms with Crippen LogP contribution in [0.3, 0.4) is 0 Å². The smallest absolute Gasteiger partial charge is 0.305 e. The number of primary amides is 1. The summed E-state index contributed by atoms with van der Waals surface area (Å²) in [6.07, 6.45) is 0.00579. The fourth-order valence-electron chi connectivity index (χ4n) is 15.5. The van der Waals surface area contributed by atoms with Crippen LogP contribution in [-0.4, -0.2) is 267 Å². The number of para-hydroxylation sites is 1. The molecule has 0 spiro atoms. The van der Waals surface area contributed by atoms with Gasteiger partial charge in [0.05, 0.1) is 38.1 Å². The van der Waals surface area contributed by atoms with Crippen molar-refractivity contribution < 1.29 is 96.8 Å². The number of likely N-dealkylation sites (N-methyl/N-ethyl adjacent to an activating group) is 4. The molecule has 694 valence electrons. The van der Waals surface area contributed by atoms with Crippen molar-refractivity contribution in [3.8, 4) is 17.2 Å². The molecule has 3 heterocycles. The number of carboxylic acid groups (broad SMARTS) is 1. The lowest BCUT2D eigenvalue weighted by Crippen LogP contribution is -2.62. The highest BCUT2D eigenvalue weighted by atomic mass is 32.2. The summed E-state index contributed by atoms with van der Waals surface area (Å²) >= 11 is 0.816. The summed E-state index contributed by atoms with van der Waals surface area (Å²) in [7, 11) is 6.72. The SMILES string of the molecule is CCCC[C@H]1C(=O)N(C)CC(=O)N[C@@H](CC(=O)O)C(=O)N[C@@H](C(C)C)C(=O)N(C)[C@@H](Cc2ccccc2)C(=O)N[C@H]2Cc3ccc(O)cc3N(CC(=O)N[C@@H](Cc3c[nH]c4ccccc34)C(=O)N[C@@H](Cc3ccc(O)cc3)C(=O)N[C@@H](CC(C)C)C(=O)N[C@H](C(=O)NCC(N)=O)CSCC(=O)N[C@@H](Cc3ccc(OC)cc3)C(=O)N(C)[C@@H](Cc3ccccc3)C(=O)N1C)C2=O. The Kier molecular flexibility index (Phi) is 36.3. The van der Waals surface area contributed by atoms with Gasteiger partial charge in [0.15, 0.2) is 0 Å². The molecule has 15 amide bonds. The molecule has 1 fully saturated rings. The molecule has 1 aromatic heterocycles. The van der Waals surface area contributed by atoms with Gasteiger partial charge in [-0.3, -0.25) is 76.7 Å². The van der Waals surface area contributed by atoms with Crippen molar-refractivity contribution in [1.82, 2.24) is 72.4 Å². The first-order valence-corrected chi connectivity index (χ1v) is 44.0. The van der Waals surface area contributed by atoms with Crippen molar-refractivity contribution in [3.63, 3.8) is 0 Å². The van der Waals surface area contributed by atoms with Gasteiger partial charge in [-0.25, -0.2) is 0 Å². The minimum atomic E-state index is -1.91. The molecule has 1 saturated heterocycles. The van der Waals surface area contributed by atoms with Gasteiger partial charge in [-0.05, 0) is 94.5 Å². The van der Waals surface area contributed by atoms with E-state index in [1.165, 1.54) is 77.8 Å². The number of aromatic nitrogens is 1. The Bertz CT molecular complexity index is 5220. The quantitative estimate of drug-likeness (QED) is 0.0462. The number of ether oxygens (including phenoxy) is 1. The van der Waals surface area contributed by atoms with Gasteiger partial charge in [0, 0.05) is 95.6 Å². The summed E-state index contributed by atoms with van der Waals surface area (Å²) in [5.74, 6) is -17.4. The van der Waals surface area contributed by atoms with Gasteiger partial charge in [0.1, 0.15) is 90.3 Å². The molecule has 0 saturated carbocycles. The summed E-state index contributed by atoms with van der Waals surface area (Å²) < 4.78 is 5.41. The molecule has 0 radical (unpaired) electrons. The van der Waals surface area contributed by atoms with Crippen LogP contribution < -0.4 is 63.2 Å². The van der Waals surface area contributed by atoms with E-state index in [0.717, 1.165) is 36.3 Å². The van der Waals surface area contributed by atoms with Crippen LogP contribution in [0.2, 0.25) is 0 Å². The Morgan fingerprint density at radius 2 is 1.07 bits per heavy atom. The maximum Gasteiger partial charge on any atom is 0.305 e. The lowest BCUT2D eigenvalue weighted by molar-refractivity contribution is -0.151. The predicted molar refractivity (Wildman–Crippen MR) is 483 cm³/mol. The third kappa shape index (κ3) is 28.1. The van der Waals surface area contributed by atoms with Gasteiger partial charge in [-0.15, -0.1) is 11.8 Å². The number of nitrogens with two attached hydrogens (primary N) is 1. The number of aromatic hydroxyl groups is 2. The van der Waals surface area contributed by atoms with Crippen LogP contribution in [0.4, 0.5) is 5.69 Å². The number of aliphatic carboxylic acids is 1. The number of anilines is 1. The second-order valence-electron chi connectivity index (χ2n) is 33.3. The second-order valence-corrected chi connectivity index (χ2v) is 34.3. The average Bonchev–Trinajstić information content (AvgIpc) is 0.914. The number of benzene rings is 6. The van der Waals surface area contributed by atoms with Crippen LogP contribution >= 0.6 is 11.8 Å². The van der Waals surface area contributed by atoms with Crippen molar-refractivity contribution >= 4 is 123 Å².